The van der Waals surface area contributed by atoms with Crippen LogP contribution in [0.5, 0.6) is 0 Å². The molecule has 0 atom stereocenters. The molecule has 8 nitrogen and oxygen atoms in total. The molecule has 1 fully saturated rings. The number of carbonyl (C=O) groups is 2. The molecule has 23 heavy (non-hydrogen) atoms. The summed E-state index contributed by atoms with van der Waals surface area (Å²) in [5.41, 5.74) is 0. The van der Waals surface area contributed by atoms with Crippen molar-refractivity contribution in [2.24, 2.45) is 0 Å². The number of rotatable bonds is 4. The number of nitrogens with one attached hydrogen (secondary N) is 1. The summed E-state index contributed by atoms with van der Waals surface area (Å²) in [6.45, 7) is 3.94. The summed E-state index contributed by atoms with van der Waals surface area (Å²) in [5, 5.41) is 6.70. The van der Waals surface area contributed by atoms with E-state index in [-0.39, 0.29) is 18.4 Å². The third-order valence-corrected chi connectivity index (χ3v) is 3.70. The number of hydrogen-bond donors (Lipinski definition) is 1. The maximum absolute atomic E-state index is 12.2. The van der Waals surface area contributed by atoms with Gasteiger partial charge < -0.3 is 24.1 Å². The van der Waals surface area contributed by atoms with Crippen molar-refractivity contribution in [3.8, 4) is 0 Å². The minimum atomic E-state index is -0.140. The second-order valence-corrected chi connectivity index (χ2v) is 5.33. The Bertz CT molecular complexity index is 671. The number of aromatic nitrogens is 1. The van der Waals surface area contributed by atoms with Crippen LogP contribution in [0.4, 0.5) is 5.82 Å². The second-order valence-electron chi connectivity index (χ2n) is 5.33. The predicted molar refractivity (Wildman–Crippen MR) is 80.9 cm³/mol. The highest BCUT2D eigenvalue weighted by molar-refractivity contribution is 5.91. The Labute approximate surface area is 133 Å². The van der Waals surface area contributed by atoms with E-state index in [2.05, 4.69) is 10.5 Å². The Kier molecular flexibility index (Phi) is 4.31. The molecule has 0 aromatic carbocycles. The van der Waals surface area contributed by atoms with Gasteiger partial charge in [-0.1, -0.05) is 5.16 Å². The van der Waals surface area contributed by atoms with Crippen molar-refractivity contribution in [3.63, 3.8) is 0 Å². The van der Waals surface area contributed by atoms with Crippen molar-refractivity contribution in [2.45, 2.75) is 6.92 Å². The number of aryl methyl sites for hydroxylation is 1. The lowest BCUT2D eigenvalue weighted by Gasteiger charge is -2.34. The molecule has 0 aliphatic carbocycles. The zero-order valence-electron chi connectivity index (χ0n) is 12.8. The van der Waals surface area contributed by atoms with Gasteiger partial charge in [0, 0.05) is 32.2 Å². The van der Waals surface area contributed by atoms with Crippen LogP contribution in [-0.4, -0.2) is 59.5 Å². The van der Waals surface area contributed by atoms with Gasteiger partial charge in [-0.05, 0) is 19.1 Å². The second kappa shape index (κ2) is 6.55. The van der Waals surface area contributed by atoms with Gasteiger partial charge in [-0.25, -0.2) is 0 Å². The Morgan fingerprint density at radius 2 is 2.00 bits per heavy atom. The molecule has 1 aliphatic rings. The Morgan fingerprint density at radius 1 is 1.26 bits per heavy atom. The lowest BCUT2D eigenvalue weighted by molar-refractivity contribution is -0.130. The SMILES string of the molecule is Cc1cc(NCC(=O)N2CCN(C(=O)c3ccco3)CC2)no1. The van der Waals surface area contributed by atoms with Gasteiger partial charge >= 0.3 is 0 Å². The number of piperazine rings is 1. The molecular formula is C15H18N4O4. The van der Waals surface area contributed by atoms with Crippen LogP contribution < -0.4 is 5.32 Å². The summed E-state index contributed by atoms with van der Waals surface area (Å²) in [5.74, 6) is 1.38. The van der Waals surface area contributed by atoms with Crippen molar-refractivity contribution in [2.75, 3.05) is 38.0 Å². The van der Waals surface area contributed by atoms with Crippen LogP contribution in [0, 0.1) is 6.92 Å². The minimum Gasteiger partial charge on any atom is -0.459 e. The van der Waals surface area contributed by atoms with E-state index in [0.29, 0.717) is 43.5 Å². The van der Waals surface area contributed by atoms with Gasteiger partial charge in [0.1, 0.15) is 5.76 Å². The fourth-order valence-electron chi connectivity index (χ4n) is 2.44. The van der Waals surface area contributed by atoms with Crippen LogP contribution in [0.15, 0.2) is 33.4 Å². The molecule has 0 spiro atoms. The highest BCUT2D eigenvalue weighted by Crippen LogP contribution is 2.10. The fourth-order valence-corrected chi connectivity index (χ4v) is 2.44. The molecule has 2 aromatic rings. The third kappa shape index (κ3) is 3.53. The van der Waals surface area contributed by atoms with Gasteiger partial charge in [-0.3, -0.25) is 9.59 Å². The van der Waals surface area contributed by atoms with Gasteiger partial charge in [-0.15, -0.1) is 0 Å². The molecule has 1 saturated heterocycles. The van der Waals surface area contributed by atoms with Crippen molar-refractivity contribution < 1.29 is 18.5 Å². The summed E-state index contributed by atoms with van der Waals surface area (Å²) >= 11 is 0. The van der Waals surface area contributed by atoms with E-state index in [1.165, 1.54) is 6.26 Å². The molecule has 1 N–H and O–H groups in total. The highest BCUT2D eigenvalue weighted by Gasteiger charge is 2.25. The number of nitrogens with zero attached hydrogens (tertiary/aromatic N) is 3. The topological polar surface area (TPSA) is 91.8 Å². The number of carbonyl (C=O) groups excluding carboxylic acids is 2. The average Bonchev–Trinajstić information content (AvgIpc) is 3.24. The molecule has 122 valence electrons. The molecule has 2 amide bonds. The number of anilines is 1. The van der Waals surface area contributed by atoms with Crippen molar-refractivity contribution >= 4 is 17.6 Å². The van der Waals surface area contributed by atoms with E-state index < -0.39 is 0 Å². The van der Waals surface area contributed by atoms with Gasteiger partial charge in [0.2, 0.25) is 5.91 Å². The first-order valence-electron chi connectivity index (χ1n) is 7.41. The highest BCUT2D eigenvalue weighted by atomic mass is 16.5. The first-order valence-corrected chi connectivity index (χ1v) is 7.41. The summed E-state index contributed by atoms with van der Waals surface area (Å²) in [7, 11) is 0. The van der Waals surface area contributed by atoms with Gasteiger partial charge in [0.15, 0.2) is 11.6 Å². The average molecular weight is 318 g/mol. The summed E-state index contributed by atoms with van der Waals surface area (Å²) < 4.78 is 10.0. The Balaban J connectivity index is 1.46. The van der Waals surface area contributed by atoms with Crippen molar-refractivity contribution in [3.05, 3.63) is 36.0 Å². The zero-order valence-corrected chi connectivity index (χ0v) is 12.8. The monoisotopic (exact) mass is 318 g/mol. The molecular weight excluding hydrogens is 300 g/mol. The molecule has 0 unspecified atom stereocenters. The smallest absolute Gasteiger partial charge is 0.289 e. The van der Waals surface area contributed by atoms with Crippen LogP contribution in [0.1, 0.15) is 16.3 Å². The minimum absolute atomic E-state index is 0.0317. The van der Waals surface area contributed by atoms with Crippen LogP contribution in [0.3, 0.4) is 0 Å². The quantitative estimate of drug-likeness (QED) is 0.903. The van der Waals surface area contributed by atoms with Crippen molar-refractivity contribution in [1.82, 2.24) is 15.0 Å². The molecule has 2 aromatic heterocycles. The normalized spacial score (nSPS) is 14.8. The summed E-state index contributed by atoms with van der Waals surface area (Å²) in [6.07, 6.45) is 1.48. The molecule has 8 heteroatoms. The van der Waals surface area contributed by atoms with Crippen molar-refractivity contribution in [1.29, 1.82) is 0 Å². The Hall–Kier alpha value is -2.77. The first-order chi connectivity index (χ1) is 11.1. The van der Waals surface area contributed by atoms with Gasteiger partial charge in [0.05, 0.1) is 12.8 Å². The zero-order chi connectivity index (χ0) is 16.2. The van der Waals surface area contributed by atoms with E-state index in [1.807, 2.05) is 0 Å². The fraction of sp³-hybridized carbons (Fsp3) is 0.400. The van der Waals surface area contributed by atoms with Gasteiger partial charge in [-0.2, -0.15) is 0 Å². The molecule has 0 bridgehead atoms. The number of amides is 2. The van der Waals surface area contributed by atoms with E-state index in [9.17, 15) is 9.59 Å². The van der Waals surface area contributed by atoms with Crippen LogP contribution in [0.25, 0.3) is 0 Å². The maximum atomic E-state index is 12.2. The summed E-state index contributed by atoms with van der Waals surface area (Å²) in [6, 6.07) is 5.06. The van der Waals surface area contributed by atoms with Crippen LogP contribution in [-0.2, 0) is 4.79 Å². The number of furan rings is 1. The molecule has 0 radical (unpaired) electrons. The third-order valence-electron chi connectivity index (χ3n) is 3.70. The number of hydrogen-bond acceptors (Lipinski definition) is 6. The Morgan fingerprint density at radius 3 is 2.61 bits per heavy atom. The lowest BCUT2D eigenvalue weighted by Crippen LogP contribution is -2.51. The summed E-state index contributed by atoms with van der Waals surface area (Å²) in [4.78, 5) is 27.7. The van der Waals surface area contributed by atoms with E-state index >= 15 is 0 Å². The van der Waals surface area contributed by atoms with E-state index in [0.717, 1.165) is 0 Å². The molecule has 3 heterocycles. The van der Waals surface area contributed by atoms with Crippen LogP contribution in [0.2, 0.25) is 0 Å². The maximum Gasteiger partial charge on any atom is 0.289 e. The molecule has 1 aliphatic heterocycles. The largest absolute Gasteiger partial charge is 0.459 e. The van der Waals surface area contributed by atoms with E-state index in [1.54, 1.807) is 34.9 Å². The van der Waals surface area contributed by atoms with E-state index in [4.69, 9.17) is 8.94 Å². The molecule has 0 saturated carbocycles. The molecule has 3 rings (SSSR count). The van der Waals surface area contributed by atoms with Crippen LogP contribution >= 0.6 is 0 Å². The standard InChI is InChI=1S/C15H18N4O4/c1-11-9-13(17-23-11)16-10-14(20)18-4-6-19(7-5-18)15(21)12-3-2-8-22-12/h2-3,8-9H,4-7,10H2,1H3,(H,16,17). The predicted octanol–water partition coefficient (Wildman–Crippen LogP) is 0.973. The lowest BCUT2D eigenvalue weighted by atomic mass is 10.2. The van der Waals surface area contributed by atoms with Gasteiger partial charge in [0.25, 0.3) is 5.91 Å². The first kappa shape index (κ1) is 15.1.